The predicted molar refractivity (Wildman–Crippen MR) is 80.9 cm³/mol. The fourth-order valence-electron chi connectivity index (χ4n) is 2.47. The summed E-state index contributed by atoms with van der Waals surface area (Å²) in [4.78, 5) is 15.5. The number of aromatic nitrogens is 2. The third kappa shape index (κ3) is 3.39. The lowest BCUT2D eigenvalue weighted by molar-refractivity contribution is -0.137. The molecule has 0 bridgehead atoms. The molecule has 5 nitrogen and oxygen atoms in total. The Morgan fingerprint density at radius 3 is 2.68 bits per heavy atom. The molecule has 25 heavy (non-hydrogen) atoms. The summed E-state index contributed by atoms with van der Waals surface area (Å²) >= 11 is 0. The highest BCUT2D eigenvalue weighted by Crippen LogP contribution is 2.30. The SMILES string of the molecule is O=C(O)c1c(NCc2cc(F)cc(C(F)(F)F)c2)ccc2nccn12. The summed E-state index contributed by atoms with van der Waals surface area (Å²) in [6.07, 6.45) is -1.79. The van der Waals surface area contributed by atoms with E-state index >= 15 is 0 Å². The van der Waals surface area contributed by atoms with E-state index in [2.05, 4.69) is 10.3 Å². The lowest BCUT2D eigenvalue weighted by atomic mass is 10.1. The minimum absolute atomic E-state index is 0.0365. The van der Waals surface area contributed by atoms with Crippen LogP contribution in [-0.2, 0) is 12.7 Å². The van der Waals surface area contributed by atoms with E-state index in [4.69, 9.17) is 0 Å². The van der Waals surface area contributed by atoms with Gasteiger partial charge in [-0.1, -0.05) is 0 Å². The molecule has 2 heterocycles. The molecule has 0 aliphatic carbocycles. The number of carboxylic acids is 1. The number of fused-ring (bicyclic) bond motifs is 1. The molecule has 0 saturated carbocycles. The lowest BCUT2D eigenvalue weighted by Gasteiger charge is -2.13. The van der Waals surface area contributed by atoms with E-state index in [1.54, 1.807) is 6.07 Å². The van der Waals surface area contributed by atoms with E-state index in [9.17, 15) is 27.5 Å². The minimum Gasteiger partial charge on any atom is -0.476 e. The third-order valence-electron chi connectivity index (χ3n) is 3.53. The molecule has 0 saturated heterocycles. The molecule has 0 atom stereocenters. The summed E-state index contributed by atoms with van der Waals surface area (Å²) in [5.41, 5.74) is -0.603. The van der Waals surface area contributed by atoms with Crippen LogP contribution < -0.4 is 5.32 Å². The monoisotopic (exact) mass is 353 g/mol. The van der Waals surface area contributed by atoms with Crippen molar-refractivity contribution in [2.45, 2.75) is 12.7 Å². The van der Waals surface area contributed by atoms with Gasteiger partial charge in [-0.15, -0.1) is 0 Å². The molecule has 2 aromatic heterocycles. The second-order valence-electron chi connectivity index (χ2n) is 5.26. The minimum atomic E-state index is -4.67. The maximum atomic E-state index is 13.4. The molecule has 0 unspecified atom stereocenters. The number of rotatable bonds is 4. The number of alkyl halides is 3. The van der Waals surface area contributed by atoms with E-state index in [0.717, 1.165) is 12.1 Å². The van der Waals surface area contributed by atoms with Crippen molar-refractivity contribution in [3.8, 4) is 0 Å². The second kappa shape index (κ2) is 6.08. The average Bonchev–Trinajstić information content (AvgIpc) is 2.99. The Hall–Kier alpha value is -3.10. The maximum Gasteiger partial charge on any atom is 0.416 e. The Labute approximate surface area is 138 Å². The molecule has 0 radical (unpaired) electrons. The number of benzene rings is 1. The molecule has 0 amide bonds. The molecule has 3 aromatic rings. The Kier molecular flexibility index (Phi) is 4.07. The first-order valence-electron chi connectivity index (χ1n) is 7.05. The van der Waals surface area contributed by atoms with Crippen molar-refractivity contribution in [3.63, 3.8) is 0 Å². The van der Waals surface area contributed by atoms with Crippen molar-refractivity contribution >= 4 is 17.3 Å². The van der Waals surface area contributed by atoms with Crippen LogP contribution in [0.25, 0.3) is 5.65 Å². The van der Waals surface area contributed by atoms with Gasteiger partial charge in [0.1, 0.15) is 11.5 Å². The van der Waals surface area contributed by atoms with Crippen molar-refractivity contribution in [1.29, 1.82) is 0 Å². The number of nitrogens with zero attached hydrogens (tertiary/aromatic N) is 2. The number of pyridine rings is 1. The zero-order valence-electron chi connectivity index (χ0n) is 12.5. The molecule has 1 aromatic carbocycles. The number of aromatic carboxylic acids is 1. The first-order chi connectivity index (χ1) is 11.8. The number of hydrogen-bond acceptors (Lipinski definition) is 3. The zero-order valence-corrected chi connectivity index (χ0v) is 12.5. The summed E-state index contributed by atoms with van der Waals surface area (Å²) in [6.45, 7) is -0.179. The molecule has 0 aliphatic rings. The summed E-state index contributed by atoms with van der Waals surface area (Å²) in [5, 5.41) is 12.1. The number of halogens is 4. The zero-order chi connectivity index (χ0) is 18.2. The van der Waals surface area contributed by atoms with E-state index in [1.165, 1.54) is 22.9 Å². The fraction of sp³-hybridized carbons (Fsp3) is 0.125. The average molecular weight is 353 g/mol. The van der Waals surface area contributed by atoms with Crippen LogP contribution in [0.5, 0.6) is 0 Å². The number of carbonyl (C=O) groups is 1. The van der Waals surface area contributed by atoms with Gasteiger partial charge < -0.3 is 10.4 Å². The van der Waals surface area contributed by atoms with Crippen molar-refractivity contribution in [1.82, 2.24) is 9.38 Å². The topological polar surface area (TPSA) is 66.6 Å². The van der Waals surface area contributed by atoms with Gasteiger partial charge in [-0.2, -0.15) is 13.2 Å². The Bertz CT molecular complexity index is 950. The Balaban J connectivity index is 1.92. The van der Waals surface area contributed by atoms with Gasteiger partial charge in [0, 0.05) is 18.9 Å². The fourth-order valence-corrected chi connectivity index (χ4v) is 2.47. The first-order valence-corrected chi connectivity index (χ1v) is 7.05. The Morgan fingerprint density at radius 1 is 1.24 bits per heavy atom. The highest BCUT2D eigenvalue weighted by atomic mass is 19.4. The van der Waals surface area contributed by atoms with E-state index in [-0.39, 0.29) is 23.5 Å². The molecule has 0 aliphatic heterocycles. The molecule has 0 spiro atoms. The van der Waals surface area contributed by atoms with Crippen molar-refractivity contribution in [3.05, 3.63) is 65.4 Å². The summed E-state index contributed by atoms with van der Waals surface area (Å²) in [5.74, 6) is -2.25. The van der Waals surface area contributed by atoms with Crippen LogP contribution in [0.4, 0.5) is 23.2 Å². The van der Waals surface area contributed by atoms with Crippen LogP contribution in [0.1, 0.15) is 21.6 Å². The molecular formula is C16H11F4N3O2. The predicted octanol–water partition coefficient (Wildman–Crippen LogP) is 3.80. The van der Waals surface area contributed by atoms with Gasteiger partial charge >= 0.3 is 12.1 Å². The molecule has 0 fully saturated rings. The standard InChI is InChI=1S/C16H11F4N3O2/c17-11-6-9(5-10(7-11)16(18,19)20)8-22-12-1-2-13-21-3-4-23(13)14(12)15(24)25/h1-7,22H,8H2,(H,24,25). The van der Waals surface area contributed by atoms with Gasteiger partial charge in [-0.3, -0.25) is 4.40 Å². The quantitative estimate of drug-likeness (QED) is 0.700. The normalized spacial score (nSPS) is 11.7. The van der Waals surface area contributed by atoms with Crippen molar-refractivity contribution in [2.24, 2.45) is 0 Å². The molecule has 3 rings (SSSR count). The number of hydrogen-bond donors (Lipinski definition) is 2. The van der Waals surface area contributed by atoms with E-state index in [1.807, 2.05) is 0 Å². The van der Waals surface area contributed by atoms with Gasteiger partial charge in [0.05, 0.1) is 11.3 Å². The maximum absolute atomic E-state index is 13.4. The van der Waals surface area contributed by atoms with Crippen molar-refractivity contribution in [2.75, 3.05) is 5.32 Å². The van der Waals surface area contributed by atoms with Crippen LogP contribution in [0.15, 0.2) is 42.7 Å². The van der Waals surface area contributed by atoms with E-state index < -0.39 is 23.5 Å². The lowest BCUT2D eigenvalue weighted by Crippen LogP contribution is -2.12. The number of anilines is 1. The van der Waals surface area contributed by atoms with Crippen molar-refractivity contribution < 1.29 is 27.5 Å². The first kappa shape index (κ1) is 16.7. The van der Waals surface area contributed by atoms with Crippen LogP contribution in [0.3, 0.4) is 0 Å². The number of imidazole rings is 1. The highest BCUT2D eigenvalue weighted by molar-refractivity contribution is 5.93. The smallest absolute Gasteiger partial charge is 0.416 e. The molecule has 2 N–H and O–H groups in total. The number of carboxylic acid groups (broad SMARTS) is 1. The van der Waals surface area contributed by atoms with Crippen LogP contribution in [0, 0.1) is 5.82 Å². The van der Waals surface area contributed by atoms with Crippen LogP contribution in [0.2, 0.25) is 0 Å². The molecular weight excluding hydrogens is 342 g/mol. The highest BCUT2D eigenvalue weighted by Gasteiger charge is 2.31. The van der Waals surface area contributed by atoms with Gasteiger partial charge in [0.2, 0.25) is 0 Å². The summed E-state index contributed by atoms with van der Waals surface area (Å²) in [6, 6.07) is 5.19. The molecule has 9 heteroatoms. The summed E-state index contributed by atoms with van der Waals surface area (Å²) in [7, 11) is 0. The van der Waals surface area contributed by atoms with Gasteiger partial charge in [-0.25, -0.2) is 14.2 Å². The van der Waals surface area contributed by atoms with Gasteiger partial charge in [0.15, 0.2) is 5.69 Å². The second-order valence-corrected chi connectivity index (χ2v) is 5.26. The van der Waals surface area contributed by atoms with Gasteiger partial charge in [-0.05, 0) is 35.9 Å². The molecule has 130 valence electrons. The summed E-state index contributed by atoms with van der Waals surface area (Å²) < 4.78 is 53.0. The Morgan fingerprint density at radius 2 is 2.00 bits per heavy atom. The number of nitrogens with one attached hydrogen (secondary N) is 1. The third-order valence-corrected chi connectivity index (χ3v) is 3.53. The van der Waals surface area contributed by atoms with Crippen LogP contribution in [-0.4, -0.2) is 20.5 Å². The van der Waals surface area contributed by atoms with Crippen LogP contribution >= 0.6 is 0 Å². The van der Waals surface area contributed by atoms with E-state index in [0.29, 0.717) is 11.7 Å². The largest absolute Gasteiger partial charge is 0.476 e. The van der Waals surface area contributed by atoms with Gasteiger partial charge in [0.25, 0.3) is 0 Å².